The topological polar surface area (TPSA) is 83.5 Å². The van der Waals surface area contributed by atoms with Crippen LogP contribution in [0.4, 0.5) is 0 Å². The summed E-state index contributed by atoms with van der Waals surface area (Å²) in [6.45, 7) is 2.45. The van der Waals surface area contributed by atoms with Crippen LogP contribution < -0.4 is 29.6 Å². The van der Waals surface area contributed by atoms with E-state index in [1.165, 1.54) is 70.6 Å². The molecule has 5 nitrogen and oxygen atoms in total. The molecule has 0 saturated heterocycles. The zero-order valence-electron chi connectivity index (χ0n) is 16.3. The Balaban J connectivity index is 0. The van der Waals surface area contributed by atoms with Gasteiger partial charge in [-0.05, 0) is 6.42 Å². The summed E-state index contributed by atoms with van der Waals surface area (Å²) >= 11 is 0. The zero-order valence-corrected chi connectivity index (χ0v) is 19.1. The number of ether oxygens (including phenoxy) is 1. The van der Waals surface area contributed by atoms with Crippen molar-refractivity contribution in [2.24, 2.45) is 0 Å². The Bertz CT molecular complexity index is 398. The molecule has 0 fully saturated rings. The smallest absolute Gasteiger partial charge is 0.748 e. The van der Waals surface area contributed by atoms with Crippen molar-refractivity contribution in [1.29, 1.82) is 0 Å². The molecular weight excluding hydrogens is 351 g/mol. The van der Waals surface area contributed by atoms with Gasteiger partial charge in [-0.2, -0.15) is 0 Å². The number of carbonyl (C=O) groups is 1. The van der Waals surface area contributed by atoms with Crippen LogP contribution in [0.5, 0.6) is 0 Å². The average molecular weight is 387 g/mol. The molecule has 0 aliphatic heterocycles. The number of hydrogen-bond acceptors (Lipinski definition) is 5. The minimum absolute atomic E-state index is 0. The van der Waals surface area contributed by atoms with Gasteiger partial charge in [-0.15, -0.1) is 0 Å². The molecule has 0 aromatic carbocycles. The summed E-state index contributed by atoms with van der Waals surface area (Å²) < 4.78 is 35.7. The van der Waals surface area contributed by atoms with Gasteiger partial charge in [-0.1, -0.05) is 90.4 Å². The molecule has 25 heavy (non-hydrogen) atoms. The van der Waals surface area contributed by atoms with Gasteiger partial charge < -0.3 is 9.29 Å². The summed E-state index contributed by atoms with van der Waals surface area (Å²) in [7, 11) is -4.52. The fourth-order valence-corrected chi connectivity index (χ4v) is 3.04. The monoisotopic (exact) mass is 386 g/mol. The van der Waals surface area contributed by atoms with Crippen LogP contribution in [0, 0.1) is 0 Å². The quantitative estimate of drug-likeness (QED) is 0.164. The molecule has 0 aliphatic rings. The van der Waals surface area contributed by atoms with Gasteiger partial charge in [0, 0.05) is 0 Å². The first-order valence-electron chi connectivity index (χ1n) is 9.55. The van der Waals surface area contributed by atoms with Crippen molar-refractivity contribution >= 4 is 16.1 Å². The van der Waals surface area contributed by atoms with E-state index in [1.807, 2.05) is 0 Å². The summed E-state index contributed by atoms with van der Waals surface area (Å²) in [5, 5.41) is 0. The third kappa shape index (κ3) is 24.4. The van der Waals surface area contributed by atoms with E-state index in [4.69, 9.17) is 4.74 Å². The summed E-state index contributed by atoms with van der Waals surface area (Å²) in [5.74, 6) is -2.01. The first-order chi connectivity index (χ1) is 11.5. The third-order valence-electron chi connectivity index (χ3n) is 4.06. The predicted molar refractivity (Wildman–Crippen MR) is 95.8 cm³/mol. The van der Waals surface area contributed by atoms with Crippen molar-refractivity contribution < 1.29 is 52.1 Å². The summed E-state index contributed by atoms with van der Waals surface area (Å²) in [6.07, 6.45) is 17.4. The van der Waals surface area contributed by atoms with E-state index in [1.54, 1.807) is 0 Å². The Morgan fingerprint density at radius 2 is 1.12 bits per heavy atom. The molecule has 0 atom stereocenters. The Hall–Kier alpha value is 0.380. The molecular formula is C18H35NaO5S. The first-order valence-corrected chi connectivity index (χ1v) is 11.1. The van der Waals surface area contributed by atoms with Crippen molar-refractivity contribution in [3.63, 3.8) is 0 Å². The molecule has 0 saturated carbocycles. The van der Waals surface area contributed by atoms with Crippen LogP contribution in [0.25, 0.3) is 0 Å². The van der Waals surface area contributed by atoms with Crippen molar-refractivity contribution in [3.8, 4) is 0 Å². The molecule has 0 amide bonds. The standard InChI is InChI=1S/C18H36O5S.Na/c1-2-3-4-5-6-7-8-9-10-11-12-13-14-15-16-23-18(19)17-24(20,21)22;/h2-17H2,1H3,(H,20,21,22);/q;+1/p-1. The number of esters is 1. The van der Waals surface area contributed by atoms with Gasteiger partial charge >= 0.3 is 35.5 Å². The van der Waals surface area contributed by atoms with E-state index in [0.717, 1.165) is 19.3 Å². The Kier molecular flexibility index (Phi) is 21.1. The molecule has 0 radical (unpaired) electrons. The van der Waals surface area contributed by atoms with E-state index in [2.05, 4.69) is 6.92 Å². The van der Waals surface area contributed by atoms with Crippen molar-refractivity contribution in [2.45, 2.75) is 96.8 Å². The molecule has 0 N–H and O–H groups in total. The Morgan fingerprint density at radius 3 is 1.48 bits per heavy atom. The van der Waals surface area contributed by atoms with Crippen LogP contribution in [-0.2, 0) is 19.6 Å². The van der Waals surface area contributed by atoms with Crippen LogP contribution in [0.1, 0.15) is 96.8 Å². The maximum atomic E-state index is 11.0. The molecule has 0 spiro atoms. The molecule has 0 bridgehead atoms. The SMILES string of the molecule is CCCCCCCCCCCCCCCCOC(=O)CS(=O)(=O)[O-].[Na+]. The van der Waals surface area contributed by atoms with Crippen LogP contribution in [0.3, 0.4) is 0 Å². The zero-order chi connectivity index (χ0) is 18.1. The Morgan fingerprint density at radius 1 is 0.760 bits per heavy atom. The minimum atomic E-state index is -4.52. The summed E-state index contributed by atoms with van der Waals surface area (Å²) in [5.41, 5.74) is 0. The van der Waals surface area contributed by atoms with Gasteiger partial charge in [-0.25, -0.2) is 8.42 Å². The second-order valence-electron chi connectivity index (χ2n) is 6.52. The van der Waals surface area contributed by atoms with Crippen molar-refractivity contribution in [2.75, 3.05) is 12.4 Å². The van der Waals surface area contributed by atoms with Gasteiger partial charge in [0.2, 0.25) is 0 Å². The molecule has 7 heteroatoms. The summed E-state index contributed by atoms with van der Waals surface area (Å²) in [4.78, 5) is 11.0. The van der Waals surface area contributed by atoms with E-state index >= 15 is 0 Å². The van der Waals surface area contributed by atoms with E-state index < -0.39 is 21.8 Å². The number of hydrogen-bond donors (Lipinski definition) is 0. The second kappa shape index (κ2) is 19.2. The van der Waals surface area contributed by atoms with E-state index in [9.17, 15) is 17.8 Å². The molecule has 0 aromatic heterocycles. The van der Waals surface area contributed by atoms with Gasteiger partial charge in [0.05, 0.1) is 6.61 Å². The van der Waals surface area contributed by atoms with E-state index in [-0.39, 0.29) is 36.2 Å². The van der Waals surface area contributed by atoms with Crippen molar-refractivity contribution in [3.05, 3.63) is 0 Å². The predicted octanol–water partition coefficient (Wildman–Crippen LogP) is 1.56. The van der Waals surface area contributed by atoms with Crippen LogP contribution in [0.2, 0.25) is 0 Å². The largest absolute Gasteiger partial charge is 1.00 e. The molecule has 0 aliphatic carbocycles. The number of carbonyl (C=O) groups excluding carboxylic acids is 1. The second-order valence-corrected chi connectivity index (χ2v) is 7.92. The minimum Gasteiger partial charge on any atom is -0.748 e. The molecule has 0 unspecified atom stereocenters. The van der Waals surface area contributed by atoms with Gasteiger partial charge in [0.15, 0.2) is 0 Å². The summed E-state index contributed by atoms with van der Waals surface area (Å²) in [6, 6.07) is 0. The molecule has 144 valence electrons. The first kappa shape index (κ1) is 27.6. The van der Waals surface area contributed by atoms with Crippen LogP contribution >= 0.6 is 0 Å². The molecule has 0 heterocycles. The normalized spacial score (nSPS) is 11.1. The van der Waals surface area contributed by atoms with Gasteiger partial charge in [0.1, 0.15) is 15.9 Å². The third-order valence-corrected chi connectivity index (χ3v) is 4.64. The fourth-order valence-electron chi connectivity index (χ4n) is 2.67. The van der Waals surface area contributed by atoms with Crippen molar-refractivity contribution in [1.82, 2.24) is 0 Å². The maximum Gasteiger partial charge on any atom is 1.00 e. The van der Waals surface area contributed by atoms with Gasteiger partial charge in [-0.3, -0.25) is 4.79 Å². The fraction of sp³-hybridized carbons (Fsp3) is 0.944. The van der Waals surface area contributed by atoms with Crippen LogP contribution in [-0.4, -0.2) is 31.3 Å². The maximum absolute atomic E-state index is 11.0. The van der Waals surface area contributed by atoms with E-state index in [0.29, 0.717) is 0 Å². The molecule has 0 rings (SSSR count). The van der Waals surface area contributed by atoms with Crippen LogP contribution in [0.15, 0.2) is 0 Å². The number of rotatable bonds is 17. The van der Waals surface area contributed by atoms with Gasteiger partial charge in [0.25, 0.3) is 0 Å². The average Bonchev–Trinajstić information content (AvgIpc) is 2.49. The Labute approximate surface area is 176 Å². The number of unbranched alkanes of at least 4 members (excludes halogenated alkanes) is 13. The molecule has 0 aromatic rings.